The second-order valence-electron chi connectivity index (χ2n) is 4.43. The van der Waals surface area contributed by atoms with E-state index in [-0.39, 0.29) is 11.6 Å². The summed E-state index contributed by atoms with van der Waals surface area (Å²) in [5.74, 6) is 0.758. The molecule has 3 N–H and O–H groups in total. The topological polar surface area (TPSA) is 120 Å². The van der Waals surface area contributed by atoms with Crippen LogP contribution in [0.5, 0.6) is 0 Å². The molecule has 0 radical (unpaired) electrons. The summed E-state index contributed by atoms with van der Waals surface area (Å²) in [5.41, 5.74) is 6.17. The molecule has 2 rings (SSSR count). The highest BCUT2D eigenvalue weighted by molar-refractivity contribution is 5.61. The number of rotatable bonds is 6. The SMILES string of the molecule is CCCCNc1nc(N)nc(-c2cccc([N+](=O)[O-])c2)n1. The summed E-state index contributed by atoms with van der Waals surface area (Å²) < 4.78 is 0. The molecule has 1 aromatic carbocycles. The fraction of sp³-hybridized carbons (Fsp3) is 0.308. The van der Waals surface area contributed by atoms with E-state index in [2.05, 4.69) is 27.2 Å². The Bertz CT molecular complexity index is 646. The van der Waals surface area contributed by atoms with E-state index in [1.54, 1.807) is 12.1 Å². The van der Waals surface area contributed by atoms with Gasteiger partial charge in [-0.1, -0.05) is 25.5 Å². The average Bonchev–Trinajstić information content (AvgIpc) is 2.47. The van der Waals surface area contributed by atoms with E-state index in [1.165, 1.54) is 12.1 Å². The maximum atomic E-state index is 10.8. The Kier molecular flexibility index (Phi) is 4.60. The van der Waals surface area contributed by atoms with E-state index in [9.17, 15) is 10.1 Å². The highest BCUT2D eigenvalue weighted by atomic mass is 16.6. The molecule has 110 valence electrons. The second kappa shape index (κ2) is 6.60. The molecule has 0 atom stereocenters. The molecule has 0 saturated carbocycles. The monoisotopic (exact) mass is 288 g/mol. The van der Waals surface area contributed by atoms with Crippen LogP contribution in [0.25, 0.3) is 11.4 Å². The van der Waals surface area contributed by atoms with Gasteiger partial charge >= 0.3 is 0 Å². The van der Waals surface area contributed by atoms with Crippen LogP contribution in [0.1, 0.15) is 19.8 Å². The minimum Gasteiger partial charge on any atom is -0.368 e. The fourth-order valence-electron chi connectivity index (χ4n) is 1.74. The predicted molar refractivity (Wildman–Crippen MR) is 79.7 cm³/mol. The van der Waals surface area contributed by atoms with Crippen LogP contribution in [0, 0.1) is 10.1 Å². The van der Waals surface area contributed by atoms with Crippen LogP contribution in [-0.4, -0.2) is 26.4 Å². The van der Waals surface area contributed by atoms with Crippen LogP contribution >= 0.6 is 0 Å². The first-order valence-electron chi connectivity index (χ1n) is 6.60. The van der Waals surface area contributed by atoms with Crippen molar-refractivity contribution in [1.82, 2.24) is 15.0 Å². The van der Waals surface area contributed by atoms with Gasteiger partial charge in [0, 0.05) is 24.2 Å². The van der Waals surface area contributed by atoms with E-state index in [1.807, 2.05) is 0 Å². The Labute approximate surface area is 121 Å². The summed E-state index contributed by atoms with van der Waals surface area (Å²) in [6.45, 7) is 2.81. The van der Waals surface area contributed by atoms with Crippen LogP contribution in [0.3, 0.4) is 0 Å². The van der Waals surface area contributed by atoms with Crippen molar-refractivity contribution in [3.63, 3.8) is 0 Å². The number of hydrogen-bond acceptors (Lipinski definition) is 7. The lowest BCUT2D eigenvalue weighted by Crippen LogP contribution is -2.09. The van der Waals surface area contributed by atoms with Gasteiger partial charge in [0.1, 0.15) is 0 Å². The smallest absolute Gasteiger partial charge is 0.270 e. The molecule has 0 saturated heterocycles. The molecule has 1 aromatic heterocycles. The number of unbranched alkanes of at least 4 members (excludes halogenated alkanes) is 1. The summed E-state index contributed by atoms with van der Waals surface area (Å²) in [4.78, 5) is 22.6. The number of hydrogen-bond donors (Lipinski definition) is 2. The van der Waals surface area contributed by atoms with Crippen molar-refractivity contribution in [3.05, 3.63) is 34.4 Å². The summed E-state index contributed by atoms with van der Waals surface area (Å²) in [7, 11) is 0. The first-order chi connectivity index (χ1) is 10.1. The van der Waals surface area contributed by atoms with E-state index in [0.717, 1.165) is 19.4 Å². The Morgan fingerprint density at radius 2 is 2.14 bits per heavy atom. The molecule has 0 aliphatic rings. The number of anilines is 2. The van der Waals surface area contributed by atoms with Crippen LogP contribution in [0.2, 0.25) is 0 Å². The zero-order valence-electron chi connectivity index (χ0n) is 11.6. The molecule has 0 aliphatic carbocycles. The third-order valence-corrected chi connectivity index (χ3v) is 2.78. The van der Waals surface area contributed by atoms with Crippen molar-refractivity contribution in [2.24, 2.45) is 0 Å². The fourth-order valence-corrected chi connectivity index (χ4v) is 1.74. The van der Waals surface area contributed by atoms with Gasteiger partial charge in [-0.05, 0) is 6.42 Å². The zero-order chi connectivity index (χ0) is 15.2. The average molecular weight is 288 g/mol. The van der Waals surface area contributed by atoms with Crippen molar-refractivity contribution in [2.75, 3.05) is 17.6 Å². The van der Waals surface area contributed by atoms with E-state index < -0.39 is 4.92 Å². The highest BCUT2D eigenvalue weighted by Gasteiger charge is 2.11. The molecule has 0 aliphatic heterocycles. The largest absolute Gasteiger partial charge is 0.368 e. The van der Waals surface area contributed by atoms with Gasteiger partial charge in [-0.2, -0.15) is 15.0 Å². The number of aromatic nitrogens is 3. The Hall–Kier alpha value is -2.77. The van der Waals surface area contributed by atoms with Crippen LogP contribution in [0.15, 0.2) is 24.3 Å². The number of nitrogen functional groups attached to an aromatic ring is 1. The van der Waals surface area contributed by atoms with Gasteiger partial charge in [0.2, 0.25) is 11.9 Å². The quantitative estimate of drug-likeness (QED) is 0.475. The third kappa shape index (κ3) is 3.85. The van der Waals surface area contributed by atoms with Crippen LogP contribution < -0.4 is 11.1 Å². The minimum absolute atomic E-state index is 0.0213. The maximum absolute atomic E-state index is 10.8. The minimum atomic E-state index is -0.464. The normalized spacial score (nSPS) is 10.3. The van der Waals surface area contributed by atoms with Crippen molar-refractivity contribution in [1.29, 1.82) is 0 Å². The first-order valence-corrected chi connectivity index (χ1v) is 6.60. The molecular formula is C13H16N6O2. The molecule has 0 fully saturated rings. The number of nitrogens with two attached hydrogens (primary N) is 1. The third-order valence-electron chi connectivity index (χ3n) is 2.78. The lowest BCUT2D eigenvalue weighted by molar-refractivity contribution is -0.384. The molecule has 0 spiro atoms. The predicted octanol–water partition coefficient (Wildman–Crippen LogP) is 2.24. The molecule has 0 amide bonds. The Morgan fingerprint density at radius 3 is 2.86 bits per heavy atom. The number of nitrogens with zero attached hydrogens (tertiary/aromatic N) is 4. The van der Waals surface area contributed by atoms with Crippen molar-refractivity contribution < 1.29 is 4.92 Å². The molecule has 0 unspecified atom stereocenters. The summed E-state index contributed by atoms with van der Waals surface area (Å²) in [5, 5.41) is 13.9. The number of nitro groups is 1. The molecule has 8 heteroatoms. The zero-order valence-corrected chi connectivity index (χ0v) is 11.6. The van der Waals surface area contributed by atoms with Gasteiger partial charge < -0.3 is 11.1 Å². The number of nitro benzene ring substituents is 1. The Balaban J connectivity index is 2.30. The number of non-ortho nitro benzene ring substituents is 1. The van der Waals surface area contributed by atoms with Gasteiger partial charge in [0.05, 0.1) is 4.92 Å². The van der Waals surface area contributed by atoms with Gasteiger partial charge in [-0.15, -0.1) is 0 Å². The molecule has 0 bridgehead atoms. The summed E-state index contributed by atoms with van der Waals surface area (Å²) in [6, 6.07) is 6.09. The van der Waals surface area contributed by atoms with E-state index in [4.69, 9.17) is 5.73 Å². The maximum Gasteiger partial charge on any atom is 0.270 e. The number of benzene rings is 1. The van der Waals surface area contributed by atoms with Gasteiger partial charge in [0.15, 0.2) is 5.82 Å². The standard InChI is InChI=1S/C13H16N6O2/c1-2-3-7-15-13-17-11(16-12(14)18-13)9-5-4-6-10(8-9)19(20)21/h4-6,8H,2-3,7H2,1H3,(H3,14,15,16,17,18). The first kappa shape index (κ1) is 14.6. The summed E-state index contributed by atoms with van der Waals surface area (Å²) in [6.07, 6.45) is 2.03. The number of nitrogens with one attached hydrogen (secondary N) is 1. The highest BCUT2D eigenvalue weighted by Crippen LogP contribution is 2.22. The van der Waals surface area contributed by atoms with Gasteiger partial charge in [-0.25, -0.2) is 0 Å². The van der Waals surface area contributed by atoms with Crippen molar-refractivity contribution in [2.45, 2.75) is 19.8 Å². The second-order valence-corrected chi connectivity index (χ2v) is 4.43. The lowest BCUT2D eigenvalue weighted by atomic mass is 10.2. The van der Waals surface area contributed by atoms with Gasteiger partial charge in [-0.3, -0.25) is 10.1 Å². The van der Waals surface area contributed by atoms with E-state index in [0.29, 0.717) is 17.3 Å². The molecule has 1 heterocycles. The molecule has 2 aromatic rings. The van der Waals surface area contributed by atoms with Crippen molar-refractivity contribution in [3.8, 4) is 11.4 Å². The summed E-state index contributed by atoms with van der Waals surface area (Å²) >= 11 is 0. The Morgan fingerprint density at radius 1 is 1.33 bits per heavy atom. The molecule has 8 nitrogen and oxygen atoms in total. The van der Waals surface area contributed by atoms with Gasteiger partial charge in [0.25, 0.3) is 5.69 Å². The van der Waals surface area contributed by atoms with Crippen LogP contribution in [0.4, 0.5) is 17.6 Å². The lowest BCUT2D eigenvalue weighted by Gasteiger charge is -2.06. The molecular weight excluding hydrogens is 272 g/mol. The molecule has 21 heavy (non-hydrogen) atoms. The van der Waals surface area contributed by atoms with Crippen molar-refractivity contribution >= 4 is 17.6 Å². The van der Waals surface area contributed by atoms with E-state index >= 15 is 0 Å². The van der Waals surface area contributed by atoms with Crippen LogP contribution in [-0.2, 0) is 0 Å².